The van der Waals surface area contributed by atoms with E-state index < -0.39 is 0 Å². The molecule has 0 aromatic rings. The van der Waals surface area contributed by atoms with Gasteiger partial charge in [-0.3, -0.25) is 0 Å². The molecule has 0 bridgehead atoms. The highest BCUT2D eigenvalue weighted by atomic mass is 16.2. The first-order valence-electron chi connectivity index (χ1n) is 4.31. The zero-order chi connectivity index (χ0) is 9.68. The van der Waals surface area contributed by atoms with Crippen molar-refractivity contribution in [2.24, 2.45) is 0 Å². The molecule has 0 aliphatic carbocycles. The van der Waals surface area contributed by atoms with E-state index >= 15 is 0 Å². The quantitative estimate of drug-likeness (QED) is 0.630. The molecule has 3 heteroatoms. The predicted octanol–water partition coefficient (Wildman–Crippen LogP) is 1.71. The molecule has 70 valence electrons. The molecule has 3 nitrogen and oxygen atoms in total. The third-order valence-corrected chi connectivity index (χ3v) is 1.81. The summed E-state index contributed by atoms with van der Waals surface area (Å²) in [5.41, 5.74) is 1.99. The molecule has 0 radical (unpaired) electrons. The Morgan fingerprint density at radius 1 is 1.38 bits per heavy atom. The monoisotopic (exact) mass is 178 g/mol. The number of rotatable bonds is 1. The van der Waals surface area contributed by atoms with Crippen LogP contribution in [0.2, 0.25) is 0 Å². The van der Waals surface area contributed by atoms with Crippen molar-refractivity contribution in [3.8, 4) is 0 Å². The molecule has 1 fully saturated rings. The summed E-state index contributed by atoms with van der Waals surface area (Å²) in [7, 11) is 0. The lowest BCUT2D eigenvalue weighted by atomic mass is 10.1. The Morgan fingerprint density at radius 3 is 2.77 bits per heavy atom. The van der Waals surface area contributed by atoms with Crippen molar-refractivity contribution in [2.45, 2.75) is 13.8 Å². The number of allylic oxidation sites excluding steroid dienone is 4. The minimum absolute atomic E-state index is 0.134. The Hall–Kier alpha value is -1.51. The van der Waals surface area contributed by atoms with Crippen molar-refractivity contribution in [1.82, 2.24) is 10.6 Å². The first-order valence-corrected chi connectivity index (χ1v) is 4.31. The van der Waals surface area contributed by atoms with E-state index in [4.69, 9.17) is 0 Å². The van der Waals surface area contributed by atoms with Gasteiger partial charge in [0.05, 0.1) is 0 Å². The Bertz CT molecular complexity index is 287. The normalized spacial score (nSPS) is 23.7. The summed E-state index contributed by atoms with van der Waals surface area (Å²) >= 11 is 0. The Balaban J connectivity index is 2.80. The van der Waals surface area contributed by atoms with Gasteiger partial charge in [0.2, 0.25) is 0 Å². The maximum atomic E-state index is 10.9. The fourth-order valence-corrected chi connectivity index (χ4v) is 1.14. The molecule has 1 heterocycles. The van der Waals surface area contributed by atoms with Crippen molar-refractivity contribution in [3.63, 3.8) is 0 Å². The first kappa shape index (κ1) is 9.58. The summed E-state index contributed by atoms with van der Waals surface area (Å²) in [5, 5.41) is 5.45. The van der Waals surface area contributed by atoms with Crippen LogP contribution in [0, 0.1) is 0 Å². The zero-order valence-corrected chi connectivity index (χ0v) is 7.92. The van der Waals surface area contributed by atoms with Crippen LogP contribution in [0.3, 0.4) is 0 Å². The molecular formula is C10H14N2O. The maximum Gasteiger partial charge on any atom is 0.319 e. The van der Waals surface area contributed by atoms with Crippen LogP contribution in [0.4, 0.5) is 4.79 Å². The highest BCUT2D eigenvalue weighted by Gasteiger charge is 2.13. The number of carbonyl (C=O) groups is 1. The van der Waals surface area contributed by atoms with Crippen LogP contribution in [-0.4, -0.2) is 12.6 Å². The van der Waals surface area contributed by atoms with Crippen molar-refractivity contribution in [2.75, 3.05) is 6.54 Å². The summed E-state index contributed by atoms with van der Waals surface area (Å²) in [4.78, 5) is 10.9. The van der Waals surface area contributed by atoms with Crippen LogP contribution in [-0.2, 0) is 0 Å². The molecule has 0 spiro atoms. The summed E-state index contributed by atoms with van der Waals surface area (Å²) in [6.45, 7) is 4.46. The molecule has 1 aliphatic heterocycles. The van der Waals surface area contributed by atoms with E-state index in [1.165, 1.54) is 0 Å². The Kier molecular flexibility index (Phi) is 3.31. The third-order valence-electron chi connectivity index (χ3n) is 1.81. The minimum atomic E-state index is -0.134. The number of hydrogen-bond donors (Lipinski definition) is 2. The van der Waals surface area contributed by atoms with Crippen LogP contribution in [0.25, 0.3) is 0 Å². The maximum absolute atomic E-state index is 10.9. The fraction of sp³-hybridized carbons (Fsp3) is 0.300. The molecule has 0 atom stereocenters. The van der Waals surface area contributed by atoms with Crippen LogP contribution in [0.5, 0.6) is 0 Å². The molecule has 2 amide bonds. The van der Waals surface area contributed by atoms with Gasteiger partial charge in [0, 0.05) is 12.2 Å². The Morgan fingerprint density at radius 2 is 2.15 bits per heavy atom. The first-order chi connectivity index (χ1) is 6.27. The topological polar surface area (TPSA) is 41.1 Å². The molecule has 0 unspecified atom stereocenters. The second kappa shape index (κ2) is 4.50. The summed E-state index contributed by atoms with van der Waals surface area (Å²) < 4.78 is 0. The lowest BCUT2D eigenvalue weighted by molar-refractivity contribution is 0.242. The molecular weight excluding hydrogens is 164 g/mol. The second-order valence-electron chi connectivity index (χ2n) is 2.73. The molecule has 1 saturated heterocycles. The van der Waals surface area contributed by atoms with E-state index in [1.54, 1.807) is 0 Å². The van der Waals surface area contributed by atoms with Gasteiger partial charge in [0.15, 0.2) is 0 Å². The van der Waals surface area contributed by atoms with Crippen molar-refractivity contribution in [3.05, 3.63) is 35.6 Å². The van der Waals surface area contributed by atoms with Crippen LogP contribution < -0.4 is 10.6 Å². The van der Waals surface area contributed by atoms with Crippen molar-refractivity contribution < 1.29 is 4.79 Å². The van der Waals surface area contributed by atoms with Gasteiger partial charge in [-0.25, -0.2) is 4.79 Å². The average Bonchev–Trinajstić information content (AvgIpc) is 2.16. The molecule has 1 aliphatic rings. The SMILES string of the molecule is C\C=C/C=C1/CNC(=O)N/C1=C/C. The van der Waals surface area contributed by atoms with Crippen LogP contribution in [0.1, 0.15) is 13.8 Å². The largest absolute Gasteiger partial charge is 0.334 e. The summed E-state index contributed by atoms with van der Waals surface area (Å²) in [5.74, 6) is 0. The van der Waals surface area contributed by atoms with Crippen LogP contribution >= 0.6 is 0 Å². The number of amides is 2. The minimum Gasteiger partial charge on any atom is -0.334 e. The van der Waals surface area contributed by atoms with E-state index in [9.17, 15) is 4.79 Å². The van der Waals surface area contributed by atoms with Gasteiger partial charge in [-0.1, -0.05) is 24.3 Å². The van der Waals surface area contributed by atoms with Gasteiger partial charge in [-0.15, -0.1) is 0 Å². The number of hydrogen-bond acceptors (Lipinski definition) is 1. The van der Waals surface area contributed by atoms with Gasteiger partial charge in [0.1, 0.15) is 0 Å². The molecule has 0 aromatic heterocycles. The van der Waals surface area contributed by atoms with E-state index in [0.29, 0.717) is 6.54 Å². The lowest BCUT2D eigenvalue weighted by Crippen LogP contribution is -2.42. The van der Waals surface area contributed by atoms with Gasteiger partial charge < -0.3 is 10.6 Å². The van der Waals surface area contributed by atoms with Gasteiger partial charge >= 0.3 is 6.03 Å². The van der Waals surface area contributed by atoms with E-state index in [1.807, 2.05) is 38.2 Å². The van der Waals surface area contributed by atoms with E-state index in [2.05, 4.69) is 10.6 Å². The van der Waals surface area contributed by atoms with Gasteiger partial charge in [0.25, 0.3) is 0 Å². The van der Waals surface area contributed by atoms with Gasteiger partial charge in [-0.2, -0.15) is 0 Å². The molecule has 0 saturated carbocycles. The summed E-state index contributed by atoms with van der Waals surface area (Å²) in [6, 6.07) is -0.134. The fourth-order valence-electron chi connectivity index (χ4n) is 1.14. The molecule has 1 rings (SSSR count). The number of carbonyl (C=O) groups excluding carboxylic acids is 1. The second-order valence-corrected chi connectivity index (χ2v) is 2.73. The molecule has 13 heavy (non-hydrogen) atoms. The smallest absolute Gasteiger partial charge is 0.319 e. The average molecular weight is 178 g/mol. The van der Waals surface area contributed by atoms with Gasteiger partial charge in [-0.05, 0) is 19.4 Å². The Labute approximate surface area is 78.2 Å². The number of nitrogens with one attached hydrogen (secondary N) is 2. The van der Waals surface area contributed by atoms with Crippen molar-refractivity contribution in [1.29, 1.82) is 0 Å². The number of urea groups is 1. The molecule has 2 N–H and O–H groups in total. The predicted molar refractivity (Wildman–Crippen MR) is 53.2 cm³/mol. The standard InChI is InChI=1S/C10H14N2O/c1-3-5-6-8-7-11-10(13)12-9(8)4-2/h3-6H,7H2,1-2H3,(H2,11,12,13)/b5-3-,8-6-,9-4+. The molecule has 0 aromatic carbocycles. The highest BCUT2D eigenvalue weighted by molar-refractivity contribution is 5.79. The van der Waals surface area contributed by atoms with E-state index in [0.717, 1.165) is 11.3 Å². The highest BCUT2D eigenvalue weighted by Crippen LogP contribution is 2.09. The van der Waals surface area contributed by atoms with Crippen LogP contribution in [0.15, 0.2) is 35.6 Å². The zero-order valence-electron chi connectivity index (χ0n) is 7.92. The summed E-state index contributed by atoms with van der Waals surface area (Å²) in [6.07, 6.45) is 7.80. The van der Waals surface area contributed by atoms with Crippen molar-refractivity contribution >= 4 is 6.03 Å². The third kappa shape index (κ3) is 2.47. The van der Waals surface area contributed by atoms with E-state index in [-0.39, 0.29) is 6.03 Å². The lowest BCUT2D eigenvalue weighted by Gasteiger charge is -2.19.